The number of pyridine rings is 1. The summed E-state index contributed by atoms with van der Waals surface area (Å²) in [6.45, 7) is 8.81. The van der Waals surface area contributed by atoms with Crippen LogP contribution in [0.3, 0.4) is 0 Å². The van der Waals surface area contributed by atoms with Gasteiger partial charge in [0.1, 0.15) is 5.82 Å². The molecule has 1 aromatic carbocycles. The lowest BCUT2D eigenvalue weighted by Crippen LogP contribution is -2.42. The van der Waals surface area contributed by atoms with Crippen molar-refractivity contribution in [2.75, 3.05) is 37.8 Å². The maximum atomic E-state index is 11.9. The molecule has 196 valence electrons. The highest BCUT2D eigenvalue weighted by atomic mass is 32.2. The summed E-state index contributed by atoms with van der Waals surface area (Å²) in [6, 6.07) is 12.4. The number of aromatic nitrogens is 3. The summed E-state index contributed by atoms with van der Waals surface area (Å²) in [5, 5.41) is 7.00. The van der Waals surface area contributed by atoms with Gasteiger partial charge < -0.3 is 10.6 Å². The number of nitrogens with one attached hydrogen (secondary N) is 2. The van der Waals surface area contributed by atoms with Gasteiger partial charge in [-0.15, -0.1) is 0 Å². The van der Waals surface area contributed by atoms with E-state index < -0.39 is 10.0 Å². The van der Waals surface area contributed by atoms with E-state index in [1.807, 2.05) is 43.6 Å². The van der Waals surface area contributed by atoms with E-state index in [1.54, 1.807) is 4.31 Å². The average Bonchev–Trinajstić information content (AvgIpc) is 2.90. The predicted molar refractivity (Wildman–Crippen MR) is 151 cm³/mol. The normalized spacial score (nSPS) is 15.6. The van der Waals surface area contributed by atoms with Crippen LogP contribution in [0, 0.1) is 6.92 Å². The van der Waals surface area contributed by atoms with Gasteiger partial charge in [0.2, 0.25) is 10.0 Å². The third-order valence-corrected chi connectivity index (χ3v) is 7.98. The fraction of sp³-hybridized carbons (Fsp3) is 0.393. The molecule has 0 spiro atoms. The van der Waals surface area contributed by atoms with Crippen LogP contribution in [0.25, 0.3) is 28.1 Å². The fourth-order valence-electron chi connectivity index (χ4n) is 4.48. The number of hydrogen-bond donors (Lipinski definition) is 2. The fourth-order valence-corrected chi connectivity index (χ4v) is 5.36. The van der Waals surface area contributed by atoms with Crippen LogP contribution in [-0.4, -0.2) is 66.2 Å². The number of allylic oxidation sites excluding steroid dienone is 1. The van der Waals surface area contributed by atoms with E-state index in [0.29, 0.717) is 31.8 Å². The summed E-state index contributed by atoms with van der Waals surface area (Å²) >= 11 is 0. The van der Waals surface area contributed by atoms with E-state index in [9.17, 15) is 8.42 Å². The molecule has 8 nitrogen and oxygen atoms in total. The molecule has 3 heterocycles. The number of anilines is 1. The minimum atomic E-state index is -3.18. The number of hydrogen-bond acceptors (Lipinski definition) is 7. The molecule has 2 N–H and O–H groups in total. The van der Waals surface area contributed by atoms with Gasteiger partial charge in [0, 0.05) is 60.5 Å². The molecule has 1 aliphatic heterocycles. The van der Waals surface area contributed by atoms with Crippen LogP contribution in [-0.2, 0) is 10.0 Å². The molecule has 4 rings (SSSR count). The van der Waals surface area contributed by atoms with Gasteiger partial charge in [0.15, 0.2) is 5.82 Å². The first-order valence-electron chi connectivity index (χ1n) is 12.8. The van der Waals surface area contributed by atoms with Crippen LogP contribution in [0.4, 0.5) is 5.82 Å². The van der Waals surface area contributed by atoms with Crippen LogP contribution < -0.4 is 10.6 Å². The Bertz CT molecular complexity index is 1350. The van der Waals surface area contributed by atoms with Crippen LogP contribution in [0.5, 0.6) is 0 Å². The van der Waals surface area contributed by atoms with Crippen LogP contribution in [0.15, 0.2) is 54.9 Å². The van der Waals surface area contributed by atoms with Crippen molar-refractivity contribution >= 4 is 21.4 Å². The van der Waals surface area contributed by atoms with Gasteiger partial charge in [-0.3, -0.25) is 4.98 Å². The van der Waals surface area contributed by atoms with Gasteiger partial charge >= 0.3 is 0 Å². The lowest BCUT2D eigenvalue weighted by Gasteiger charge is -2.31. The van der Waals surface area contributed by atoms with E-state index in [2.05, 4.69) is 47.7 Å². The summed E-state index contributed by atoms with van der Waals surface area (Å²) in [5.74, 6) is 1.37. The number of aryl methyl sites for hydroxylation is 1. The van der Waals surface area contributed by atoms with Gasteiger partial charge in [0.25, 0.3) is 0 Å². The molecule has 0 atom stereocenters. The minimum Gasteiger partial charge on any atom is -0.367 e. The molecule has 37 heavy (non-hydrogen) atoms. The van der Waals surface area contributed by atoms with Crippen molar-refractivity contribution < 1.29 is 8.42 Å². The molecule has 0 saturated carbocycles. The van der Waals surface area contributed by atoms with Crippen molar-refractivity contribution in [2.24, 2.45) is 0 Å². The summed E-state index contributed by atoms with van der Waals surface area (Å²) in [7, 11) is -3.18. The highest BCUT2D eigenvalue weighted by Gasteiger charge is 2.26. The zero-order valence-corrected chi connectivity index (χ0v) is 22.8. The average molecular weight is 521 g/mol. The van der Waals surface area contributed by atoms with Crippen molar-refractivity contribution in [3.63, 3.8) is 0 Å². The molecule has 1 saturated heterocycles. The Labute approximate surface area is 220 Å². The van der Waals surface area contributed by atoms with Crippen molar-refractivity contribution in [1.29, 1.82) is 0 Å². The van der Waals surface area contributed by atoms with Crippen LogP contribution in [0.2, 0.25) is 0 Å². The Morgan fingerprint density at radius 2 is 1.89 bits per heavy atom. The minimum absolute atomic E-state index is 0.110. The molecule has 0 radical (unpaired) electrons. The molecule has 0 unspecified atom stereocenters. The quantitative estimate of drug-likeness (QED) is 0.432. The number of benzene rings is 1. The maximum absolute atomic E-state index is 11.9. The van der Waals surface area contributed by atoms with Gasteiger partial charge in [-0.1, -0.05) is 37.3 Å². The molecule has 2 aromatic heterocycles. The Morgan fingerprint density at radius 3 is 2.54 bits per heavy atom. The summed E-state index contributed by atoms with van der Waals surface area (Å²) in [6.07, 6.45) is 8.51. The van der Waals surface area contributed by atoms with E-state index in [4.69, 9.17) is 9.97 Å². The van der Waals surface area contributed by atoms with Gasteiger partial charge in [0.05, 0.1) is 6.26 Å². The second-order valence-corrected chi connectivity index (χ2v) is 11.4. The Morgan fingerprint density at radius 1 is 1.11 bits per heavy atom. The smallest absolute Gasteiger partial charge is 0.211 e. The Balaban J connectivity index is 1.66. The van der Waals surface area contributed by atoms with Crippen molar-refractivity contribution in [2.45, 2.75) is 39.7 Å². The maximum Gasteiger partial charge on any atom is 0.211 e. The molecular weight excluding hydrogens is 484 g/mol. The number of rotatable bonds is 9. The first-order chi connectivity index (χ1) is 17.8. The van der Waals surface area contributed by atoms with Crippen molar-refractivity contribution in [3.8, 4) is 22.5 Å². The molecule has 0 aliphatic carbocycles. The molecule has 3 aromatic rings. The zero-order valence-electron chi connectivity index (χ0n) is 22.0. The second kappa shape index (κ2) is 11.9. The first-order valence-corrected chi connectivity index (χ1v) is 14.6. The number of sulfonamides is 1. The topological polar surface area (TPSA) is 100 Å². The molecular formula is C28H36N6O2S. The standard InChI is InChI=1S/C28H36N6O2S/c1-5-21(17-29-6-2)22-8-7-9-23(16-22)27-31-19-26(24-11-10-20(3)30-18-24)28(33-27)32-25-12-14-34(15-13-25)37(4,35)36/h5,7-11,16,18-19,25,29H,6,12-15,17H2,1-4H3,(H,31,32,33)/b21-5+. The highest BCUT2D eigenvalue weighted by molar-refractivity contribution is 7.88. The molecule has 1 fully saturated rings. The molecule has 0 bridgehead atoms. The third-order valence-electron chi connectivity index (χ3n) is 6.68. The Kier molecular flexibility index (Phi) is 8.68. The van der Waals surface area contributed by atoms with Gasteiger partial charge in [-0.25, -0.2) is 22.7 Å². The SMILES string of the molecule is C/C=C(\CNCC)c1cccc(-c2ncc(-c3ccc(C)nc3)c(NC3CCN(S(C)(=O)=O)CC3)n2)c1. The molecule has 1 aliphatic rings. The van der Waals surface area contributed by atoms with E-state index in [-0.39, 0.29) is 6.04 Å². The van der Waals surface area contributed by atoms with Crippen molar-refractivity contribution in [1.82, 2.24) is 24.6 Å². The number of piperidine rings is 1. The largest absolute Gasteiger partial charge is 0.367 e. The number of likely N-dealkylation sites (N-methyl/N-ethyl adjacent to an activating group) is 1. The van der Waals surface area contributed by atoms with E-state index in [0.717, 1.165) is 46.9 Å². The lowest BCUT2D eigenvalue weighted by molar-refractivity contribution is 0.331. The van der Waals surface area contributed by atoms with Gasteiger partial charge in [-0.05, 0) is 56.5 Å². The third kappa shape index (κ3) is 6.80. The summed E-state index contributed by atoms with van der Waals surface area (Å²) in [5.41, 5.74) is 6.05. The van der Waals surface area contributed by atoms with E-state index >= 15 is 0 Å². The van der Waals surface area contributed by atoms with Crippen molar-refractivity contribution in [3.05, 3.63) is 66.1 Å². The lowest BCUT2D eigenvalue weighted by atomic mass is 10.0. The molecule has 0 amide bonds. The van der Waals surface area contributed by atoms with Gasteiger partial charge in [-0.2, -0.15) is 0 Å². The second-order valence-electron chi connectivity index (χ2n) is 9.40. The van der Waals surface area contributed by atoms with Crippen LogP contribution in [0.1, 0.15) is 37.9 Å². The predicted octanol–water partition coefficient (Wildman–Crippen LogP) is 4.36. The van der Waals surface area contributed by atoms with Crippen LogP contribution >= 0.6 is 0 Å². The highest BCUT2D eigenvalue weighted by Crippen LogP contribution is 2.30. The van der Waals surface area contributed by atoms with E-state index in [1.165, 1.54) is 11.8 Å². The Hall–Kier alpha value is -3.14. The molecule has 9 heteroatoms. The summed E-state index contributed by atoms with van der Waals surface area (Å²) in [4.78, 5) is 14.2. The summed E-state index contributed by atoms with van der Waals surface area (Å²) < 4.78 is 25.4. The zero-order chi connectivity index (χ0) is 26.4. The first kappa shape index (κ1) is 26.9. The monoisotopic (exact) mass is 520 g/mol. The number of nitrogens with zero attached hydrogens (tertiary/aromatic N) is 4.